The van der Waals surface area contributed by atoms with Crippen molar-refractivity contribution in [1.82, 2.24) is 13.9 Å². The van der Waals surface area contributed by atoms with E-state index in [2.05, 4.69) is 9.55 Å². The molecule has 1 fully saturated rings. The molecule has 0 radical (unpaired) electrons. The first-order valence-corrected chi connectivity index (χ1v) is 8.03. The molecule has 1 atom stereocenters. The van der Waals surface area contributed by atoms with Crippen LogP contribution in [0.4, 0.5) is 0 Å². The molecule has 1 saturated carbocycles. The van der Waals surface area contributed by atoms with Crippen LogP contribution in [0.3, 0.4) is 0 Å². The summed E-state index contributed by atoms with van der Waals surface area (Å²) in [6, 6.07) is 0. The fraction of sp³-hybridized carbons (Fsp3) is 0.750. The molecule has 0 spiro atoms. The fourth-order valence-electron chi connectivity index (χ4n) is 2.67. The van der Waals surface area contributed by atoms with Gasteiger partial charge in [-0.25, -0.2) is 17.7 Å². The molecule has 1 aliphatic carbocycles. The van der Waals surface area contributed by atoms with Crippen molar-refractivity contribution in [3.05, 3.63) is 18.2 Å². The summed E-state index contributed by atoms with van der Waals surface area (Å²) in [6.45, 7) is 1.52. The molecule has 2 heterocycles. The molecule has 100 valence electrons. The van der Waals surface area contributed by atoms with Gasteiger partial charge in [0.05, 0.1) is 5.25 Å². The summed E-state index contributed by atoms with van der Waals surface area (Å²) >= 11 is 0. The largest absolute Gasteiger partial charge is 0.335 e. The van der Waals surface area contributed by atoms with Crippen molar-refractivity contribution in [2.24, 2.45) is 5.92 Å². The normalized spacial score (nSPS) is 24.2. The minimum Gasteiger partial charge on any atom is -0.335 e. The van der Waals surface area contributed by atoms with Crippen molar-refractivity contribution in [1.29, 1.82) is 0 Å². The Morgan fingerprint density at radius 1 is 1.44 bits per heavy atom. The van der Waals surface area contributed by atoms with E-state index in [1.807, 2.05) is 12.4 Å². The highest BCUT2D eigenvalue weighted by Crippen LogP contribution is 2.31. The lowest BCUT2D eigenvalue weighted by Gasteiger charge is -2.27. The zero-order chi connectivity index (χ0) is 12.8. The minimum atomic E-state index is -3.02. The van der Waals surface area contributed by atoms with E-state index >= 15 is 0 Å². The lowest BCUT2D eigenvalue weighted by Crippen LogP contribution is -2.37. The summed E-state index contributed by atoms with van der Waals surface area (Å²) in [7, 11) is -1.30. The van der Waals surface area contributed by atoms with Gasteiger partial charge in [-0.2, -0.15) is 0 Å². The molecule has 2 aliphatic rings. The van der Waals surface area contributed by atoms with Crippen LogP contribution in [-0.2, 0) is 23.0 Å². The molecule has 0 amide bonds. The monoisotopic (exact) mass is 269 g/mol. The Hall–Kier alpha value is -0.880. The third-order valence-electron chi connectivity index (χ3n) is 3.93. The van der Waals surface area contributed by atoms with Gasteiger partial charge in [-0.15, -0.1) is 0 Å². The predicted octanol–water partition coefficient (Wildman–Crippen LogP) is 0.870. The van der Waals surface area contributed by atoms with Gasteiger partial charge in [0.2, 0.25) is 10.0 Å². The first kappa shape index (κ1) is 12.2. The summed E-state index contributed by atoms with van der Waals surface area (Å²) in [5.41, 5.74) is 0. The van der Waals surface area contributed by atoms with Crippen molar-refractivity contribution in [2.75, 3.05) is 13.6 Å². The molecule has 1 aromatic rings. The Kier molecular flexibility index (Phi) is 2.94. The maximum absolute atomic E-state index is 12.1. The van der Waals surface area contributed by atoms with Crippen LogP contribution < -0.4 is 0 Å². The Balaban J connectivity index is 1.64. The molecule has 1 aliphatic heterocycles. The van der Waals surface area contributed by atoms with Crippen LogP contribution in [0.2, 0.25) is 0 Å². The van der Waals surface area contributed by atoms with Crippen LogP contribution in [0.25, 0.3) is 0 Å². The molecule has 3 rings (SSSR count). The van der Waals surface area contributed by atoms with Gasteiger partial charge < -0.3 is 4.57 Å². The topological polar surface area (TPSA) is 55.2 Å². The molecule has 6 heteroatoms. The van der Waals surface area contributed by atoms with Crippen molar-refractivity contribution in [3.63, 3.8) is 0 Å². The van der Waals surface area contributed by atoms with Gasteiger partial charge in [-0.05, 0) is 25.2 Å². The van der Waals surface area contributed by atoms with Crippen molar-refractivity contribution in [2.45, 2.75) is 37.5 Å². The molecule has 18 heavy (non-hydrogen) atoms. The van der Waals surface area contributed by atoms with Crippen LogP contribution in [0, 0.1) is 5.92 Å². The van der Waals surface area contributed by atoms with Gasteiger partial charge in [0, 0.05) is 39.0 Å². The number of rotatable bonds is 4. The number of sulfonamides is 1. The first-order chi connectivity index (χ1) is 8.57. The number of hydrogen-bond donors (Lipinski definition) is 0. The van der Waals surface area contributed by atoms with E-state index < -0.39 is 10.0 Å². The van der Waals surface area contributed by atoms with Crippen molar-refractivity contribution < 1.29 is 8.42 Å². The van der Waals surface area contributed by atoms with Crippen LogP contribution >= 0.6 is 0 Å². The number of imidazole rings is 1. The van der Waals surface area contributed by atoms with Gasteiger partial charge in [0.1, 0.15) is 5.82 Å². The molecule has 0 bridgehead atoms. The predicted molar refractivity (Wildman–Crippen MR) is 68.6 cm³/mol. The van der Waals surface area contributed by atoms with E-state index in [0.29, 0.717) is 12.5 Å². The van der Waals surface area contributed by atoms with Gasteiger partial charge in [-0.1, -0.05) is 0 Å². The molecule has 0 N–H and O–H groups in total. The highest BCUT2D eigenvalue weighted by atomic mass is 32.2. The van der Waals surface area contributed by atoms with Crippen LogP contribution in [0.15, 0.2) is 12.4 Å². The van der Waals surface area contributed by atoms with Gasteiger partial charge >= 0.3 is 0 Å². The lowest BCUT2D eigenvalue weighted by atomic mass is 10.00. The highest BCUT2D eigenvalue weighted by molar-refractivity contribution is 7.90. The maximum atomic E-state index is 12.1. The second-order valence-electron chi connectivity index (χ2n) is 5.43. The second-order valence-corrected chi connectivity index (χ2v) is 7.75. The zero-order valence-electron chi connectivity index (χ0n) is 10.6. The number of hydrogen-bond acceptors (Lipinski definition) is 3. The van der Waals surface area contributed by atoms with Crippen molar-refractivity contribution in [3.8, 4) is 0 Å². The molecule has 0 saturated heterocycles. The van der Waals surface area contributed by atoms with E-state index in [0.717, 1.165) is 38.1 Å². The first-order valence-electron chi connectivity index (χ1n) is 6.52. The highest BCUT2D eigenvalue weighted by Gasteiger charge is 2.39. The van der Waals surface area contributed by atoms with Gasteiger partial charge in [0.25, 0.3) is 0 Å². The number of nitrogens with zero attached hydrogens (tertiary/aromatic N) is 3. The van der Waals surface area contributed by atoms with Gasteiger partial charge in [0.15, 0.2) is 0 Å². The summed E-state index contributed by atoms with van der Waals surface area (Å²) in [5, 5.41) is -0.102. The Morgan fingerprint density at radius 2 is 2.22 bits per heavy atom. The zero-order valence-corrected chi connectivity index (χ0v) is 11.4. The second kappa shape index (κ2) is 4.35. The molecule has 0 aromatic carbocycles. The fourth-order valence-corrected chi connectivity index (χ4v) is 4.33. The lowest BCUT2D eigenvalue weighted by molar-refractivity contribution is 0.303. The number of aryl methyl sites for hydroxylation is 1. The van der Waals surface area contributed by atoms with Crippen molar-refractivity contribution >= 4 is 10.0 Å². The Labute approximate surface area is 108 Å². The summed E-state index contributed by atoms with van der Waals surface area (Å²) in [5.74, 6) is 1.53. The van der Waals surface area contributed by atoms with Crippen LogP contribution in [0.1, 0.15) is 25.1 Å². The molecular formula is C12H19N3O2S. The van der Waals surface area contributed by atoms with E-state index in [1.54, 1.807) is 11.4 Å². The minimum absolute atomic E-state index is 0.102. The standard InChI is InChI=1S/C12H19N3O2S/c1-14(18(16,17)11-3-4-11)8-10-2-5-12-13-6-7-15(12)9-10/h6-7,10-11H,2-5,8-9H2,1H3/t10-/m0/s1. The maximum Gasteiger partial charge on any atom is 0.216 e. The third kappa shape index (κ3) is 2.19. The average molecular weight is 269 g/mol. The van der Waals surface area contributed by atoms with Crippen LogP contribution in [0.5, 0.6) is 0 Å². The Morgan fingerprint density at radius 3 is 2.94 bits per heavy atom. The average Bonchev–Trinajstić information content (AvgIpc) is 3.09. The van der Waals surface area contributed by atoms with E-state index in [4.69, 9.17) is 0 Å². The van der Waals surface area contributed by atoms with Gasteiger partial charge in [-0.3, -0.25) is 0 Å². The summed E-state index contributed by atoms with van der Waals surface area (Å²) in [4.78, 5) is 4.29. The Bertz CT molecular complexity index is 533. The number of fused-ring (bicyclic) bond motifs is 1. The van der Waals surface area contributed by atoms with E-state index in [1.165, 1.54) is 0 Å². The molecule has 1 aromatic heterocycles. The molecule has 0 unspecified atom stereocenters. The van der Waals surface area contributed by atoms with E-state index in [9.17, 15) is 8.42 Å². The molecule has 5 nitrogen and oxygen atoms in total. The molecular weight excluding hydrogens is 250 g/mol. The van der Waals surface area contributed by atoms with E-state index in [-0.39, 0.29) is 5.25 Å². The SMILES string of the molecule is CN(C[C@@H]1CCc2nccn2C1)S(=O)(=O)C1CC1. The summed E-state index contributed by atoms with van der Waals surface area (Å²) in [6.07, 6.45) is 7.46. The number of aromatic nitrogens is 2. The third-order valence-corrected chi connectivity index (χ3v) is 6.26. The van der Waals surface area contributed by atoms with Crippen LogP contribution in [-0.4, -0.2) is 41.1 Å². The smallest absolute Gasteiger partial charge is 0.216 e. The summed E-state index contributed by atoms with van der Waals surface area (Å²) < 4.78 is 27.8. The quantitative estimate of drug-likeness (QED) is 0.815.